The van der Waals surface area contributed by atoms with E-state index in [2.05, 4.69) is 34.6 Å². The fourth-order valence-corrected chi connectivity index (χ4v) is 1.62. The van der Waals surface area contributed by atoms with Crippen molar-refractivity contribution in [2.75, 3.05) is 38.1 Å². The first-order valence-electron chi connectivity index (χ1n) is 6.47. The third-order valence-electron chi connectivity index (χ3n) is 2.68. The largest absolute Gasteiger partial charge is 0.373 e. The molecule has 0 atom stereocenters. The second kappa shape index (κ2) is 8.53. The molecule has 0 aliphatic carbocycles. The summed E-state index contributed by atoms with van der Waals surface area (Å²) < 4.78 is 0. The number of amides is 1. The zero-order valence-electron chi connectivity index (χ0n) is 11.3. The van der Waals surface area contributed by atoms with Gasteiger partial charge in [0.15, 0.2) is 0 Å². The molecular weight excluding hydrogens is 226 g/mol. The zero-order valence-corrected chi connectivity index (χ0v) is 11.3. The summed E-state index contributed by atoms with van der Waals surface area (Å²) in [6.45, 7) is 4.85. The molecule has 0 radical (unpaired) electrons. The number of nitrogens with zero attached hydrogens (tertiary/aromatic N) is 1. The van der Waals surface area contributed by atoms with Gasteiger partial charge in [0.1, 0.15) is 0 Å². The van der Waals surface area contributed by atoms with Gasteiger partial charge in [0.25, 0.3) is 0 Å². The maximum atomic E-state index is 11.4. The molecule has 100 valence electrons. The molecule has 0 spiro atoms. The Balaban J connectivity index is 2.16. The molecule has 18 heavy (non-hydrogen) atoms. The Bertz CT molecular complexity index is 340. The number of carbonyl (C=O) groups excluding carboxylic acids is 1. The molecule has 0 aliphatic rings. The SMILES string of the molecule is CCCNCC(=O)NCCN(C)c1ccccc1. The normalized spacial score (nSPS) is 10.1. The number of likely N-dealkylation sites (N-methyl/N-ethyl adjacent to an activating group) is 1. The van der Waals surface area contributed by atoms with Crippen molar-refractivity contribution in [3.8, 4) is 0 Å². The van der Waals surface area contributed by atoms with Gasteiger partial charge >= 0.3 is 0 Å². The van der Waals surface area contributed by atoms with E-state index in [0.29, 0.717) is 13.1 Å². The van der Waals surface area contributed by atoms with Crippen LogP contribution in [-0.2, 0) is 4.79 Å². The minimum Gasteiger partial charge on any atom is -0.373 e. The number of rotatable bonds is 8. The Morgan fingerprint density at radius 2 is 1.94 bits per heavy atom. The third kappa shape index (κ3) is 5.68. The monoisotopic (exact) mass is 249 g/mol. The van der Waals surface area contributed by atoms with E-state index in [4.69, 9.17) is 0 Å². The molecule has 0 aliphatic heterocycles. The van der Waals surface area contributed by atoms with Gasteiger partial charge in [0, 0.05) is 25.8 Å². The van der Waals surface area contributed by atoms with Gasteiger partial charge in [-0.25, -0.2) is 0 Å². The van der Waals surface area contributed by atoms with Crippen LogP contribution in [0.1, 0.15) is 13.3 Å². The molecule has 2 N–H and O–H groups in total. The Kier molecular flexibility index (Phi) is 6.87. The van der Waals surface area contributed by atoms with E-state index in [1.165, 1.54) is 0 Å². The summed E-state index contributed by atoms with van der Waals surface area (Å²) in [4.78, 5) is 13.6. The Labute approximate surface area is 109 Å². The van der Waals surface area contributed by atoms with E-state index >= 15 is 0 Å². The highest BCUT2D eigenvalue weighted by atomic mass is 16.1. The van der Waals surface area contributed by atoms with Gasteiger partial charge in [-0.3, -0.25) is 4.79 Å². The van der Waals surface area contributed by atoms with Gasteiger partial charge in [-0.15, -0.1) is 0 Å². The van der Waals surface area contributed by atoms with Crippen molar-refractivity contribution in [1.29, 1.82) is 0 Å². The molecule has 1 amide bonds. The summed E-state index contributed by atoms with van der Waals surface area (Å²) in [7, 11) is 2.02. The average molecular weight is 249 g/mol. The van der Waals surface area contributed by atoms with Crippen LogP contribution in [0.5, 0.6) is 0 Å². The summed E-state index contributed by atoms with van der Waals surface area (Å²) in [6, 6.07) is 10.1. The number of hydrogen-bond acceptors (Lipinski definition) is 3. The van der Waals surface area contributed by atoms with Crippen molar-refractivity contribution in [2.24, 2.45) is 0 Å². The molecule has 4 nitrogen and oxygen atoms in total. The molecule has 0 heterocycles. The predicted molar refractivity (Wildman–Crippen MR) is 75.9 cm³/mol. The van der Waals surface area contributed by atoms with Crippen molar-refractivity contribution in [3.05, 3.63) is 30.3 Å². The number of nitrogens with one attached hydrogen (secondary N) is 2. The van der Waals surface area contributed by atoms with Crippen LogP contribution in [0.2, 0.25) is 0 Å². The van der Waals surface area contributed by atoms with Gasteiger partial charge < -0.3 is 15.5 Å². The van der Waals surface area contributed by atoms with E-state index in [9.17, 15) is 4.79 Å². The minimum absolute atomic E-state index is 0.0601. The molecular formula is C14H23N3O. The smallest absolute Gasteiger partial charge is 0.234 e. The molecule has 1 aromatic carbocycles. The third-order valence-corrected chi connectivity index (χ3v) is 2.68. The summed E-state index contributed by atoms with van der Waals surface area (Å²) in [5.41, 5.74) is 1.16. The topological polar surface area (TPSA) is 44.4 Å². The first-order valence-corrected chi connectivity index (χ1v) is 6.47. The molecule has 4 heteroatoms. The molecule has 0 saturated carbocycles. The van der Waals surface area contributed by atoms with E-state index in [-0.39, 0.29) is 5.91 Å². The van der Waals surface area contributed by atoms with Gasteiger partial charge in [0.2, 0.25) is 5.91 Å². The molecule has 0 bridgehead atoms. The van der Waals surface area contributed by atoms with Crippen molar-refractivity contribution < 1.29 is 4.79 Å². The number of hydrogen-bond donors (Lipinski definition) is 2. The highest BCUT2D eigenvalue weighted by Gasteiger charge is 2.02. The number of benzene rings is 1. The molecule has 0 unspecified atom stereocenters. The van der Waals surface area contributed by atoms with E-state index < -0.39 is 0 Å². The van der Waals surface area contributed by atoms with Gasteiger partial charge in [-0.1, -0.05) is 25.1 Å². The molecule has 0 aromatic heterocycles. The second-order valence-corrected chi connectivity index (χ2v) is 4.28. The molecule has 0 fully saturated rings. The fraction of sp³-hybridized carbons (Fsp3) is 0.500. The zero-order chi connectivity index (χ0) is 13.2. The van der Waals surface area contributed by atoms with Crippen LogP contribution < -0.4 is 15.5 Å². The van der Waals surface area contributed by atoms with Crippen LogP contribution in [0, 0.1) is 0 Å². The summed E-state index contributed by atoms with van der Waals surface area (Å²) in [5.74, 6) is 0.0601. The van der Waals surface area contributed by atoms with Crippen LogP contribution in [0.4, 0.5) is 5.69 Å². The van der Waals surface area contributed by atoms with Crippen molar-refractivity contribution in [1.82, 2.24) is 10.6 Å². The lowest BCUT2D eigenvalue weighted by Crippen LogP contribution is -2.38. The number of carbonyl (C=O) groups is 1. The Hall–Kier alpha value is -1.55. The first-order chi connectivity index (χ1) is 8.74. The quantitative estimate of drug-likeness (QED) is 0.681. The average Bonchev–Trinajstić information content (AvgIpc) is 2.40. The highest BCUT2D eigenvalue weighted by Crippen LogP contribution is 2.09. The summed E-state index contributed by atoms with van der Waals surface area (Å²) in [5, 5.41) is 5.98. The lowest BCUT2D eigenvalue weighted by atomic mass is 10.3. The lowest BCUT2D eigenvalue weighted by Gasteiger charge is -2.19. The van der Waals surface area contributed by atoms with Crippen LogP contribution in [0.15, 0.2) is 30.3 Å². The van der Waals surface area contributed by atoms with Crippen LogP contribution >= 0.6 is 0 Å². The minimum atomic E-state index is 0.0601. The van der Waals surface area contributed by atoms with E-state index in [0.717, 1.165) is 25.2 Å². The summed E-state index contributed by atoms with van der Waals surface area (Å²) in [6.07, 6.45) is 1.05. The maximum Gasteiger partial charge on any atom is 0.234 e. The van der Waals surface area contributed by atoms with Crippen molar-refractivity contribution >= 4 is 11.6 Å². The molecule has 0 saturated heterocycles. The maximum absolute atomic E-state index is 11.4. The van der Waals surface area contributed by atoms with Crippen molar-refractivity contribution in [3.63, 3.8) is 0 Å². The van der Waals surface area contributed by atoms with Crippen LogP contribution in [-0.4, -0.2) is 39.1 Å². The highest BCUT2D eigenvalue weighted by molar-refractivity contribution is 5.78. The number of para-hydroxylation sites is 1. The molecule has 1 aromatic rings. The lowest BCUT2D eigenvalue weighted by molar-refractivity contribution is -0.120. The first kappa shape index (κ1) is 14.5. The van der Waals surface area contributed by atoms with Gasteiger partial charge in [0.05, 0.1) is 6.54 Å². The second-order valence-electron chi connectivity index (χ2n) is 4.28. The van der Waals surface area contributed by atoms with Gasteiger partial charge in [-0.05, 0) is 25.1 Å². The van der Waals surface area contributed by atoms with Crippen LogP contribution in [0.25, 0.3) is 0 Å². The van der Waals surface area contributed by atoms with Crippen molar-refractivity contribution in [2.45, 2.75) is 13.3 Å². The predicted octanol–water partition coefficient (Wildman–Crippen LogP) is 1.24. The summed E-state index contributed by atoms with van der Waals surface area (Å²) >= 11 is 0. The number of anilines is 1. The van der Waals surface area contributed by atoms with E-state index in [1.807, 2.05) is 25.2 Å². The standard InChI is InChI=1S/C14H23N3O/c1-3-9-15-12-14(18)16-10-11-17(2)13-7-5-4-6-8-13/h4-8,15H,3,9-12H2,1-2H3,(H,16,18). The Morgan fingerprint density at radius 3 is 2.61 bits per heavy atom. The van der Waals surface area contributed by atoms with E-state index in [1.54, 1.807) is 0 Å². The van der Waals surface area contributed by atoms with Gasteiger partial charge in [-0.2, -0.15) is 0 Å². The van der Waals surface area contributed by atoms with Crippen LogP contribution in [0.3, 0.4) is 0 Å². The fourth-order valence-electron chi connectivity index (χ4n) is 1.62. The molecule has 1 rings (SSSR count). The Morgan fingerprint density at radius 1 is 1.22 bits per heavy atom.